The molecule has 0 radical (unpaired) electrons. The van der Waals surface area contributed by atoms with Crippen LogP contribution in [0.3, 0.4) is 0 Å². The van der Waals surface area contributed by atoms with E-state index in [4.69, 9.17) is 40.2 Å². The van der Waals surface area contributed by atoms with E-state index < -0.39 is 0 Å². The highest BCUT2D eigenvalue weighted by molar-refractivity contribution is 7.80. The lowest BCUT2D eigenvalue weighted by atomic mass is 10.2. The van der Waals surface area contributed by atoms with Gasteiger partial charge in [0.05, 0.1) is 23.0 Å². The largest absolute Gasteiger partial charge is 0.492 e. The van der Waals surface area contributed by atoms with Gasteiger partial charge in [-0.25, -0.2) is 0 Å². The standard InChI is InChI=1S/C19H21Cl2N3OS/c1-2-25-18-6-4-3-5-17(18)23-9-11-24(12-10-23)19(26)22-16-8-7-14(20)13-15(16)21/h3-8,13H,2,9-12H2,1H3,(H,22,26). The summed E-state index contributed by atoms with van der Waals surface area (Å²) in [6.45, 7) is 6.07. The van der Waals surface area contributed by atoms with Gasteiger partial charge in [-0.2, -0.15) is 0 Å². The lowest BCUT2D eigenvalue weighted by Gasteiger charge is -2.38. The van der Waals surface area contributed by atoms with Crippen LogP contribution in [-0.2, 0) is 0 Å². The normalized spacial score (nSPS) is 14.3. The summed E-state index contributed by atoms with van der Waals surface area (Å²) >= 11 is 17.7. The van der Waals surface area contributed by atoms with Crippen LogP contribution in [0.4, 0.5) is 11.4 Å². The number of nitrogens with zero attached hydrogens (tertiary/aromatic N) is 2. The highest BCUT2D eigenvalue weighted by Crippen LogP contribution is 2.29. The molecule has 138 valence electrons. The van der Waals surface area contributed by atoms with Crippen molar-refractivity contribution in [3.63, 3.8) is 0 Å². The van der Waals surface area contributed by atoms with E-state index in [2.05, 4.69) is 21.2 Å². The fraction of sp³-hybridized carbons (Fsp3) is 0.316. The number of piperazine rings is 1. The SMILES string of the molecule is CCOc1ccccc1N1CCN(C(=S)Nc2ccc(Cl)cc2Cl)CC1. The summed E-state index contributed by atoms with van der Waals surface area (Å²) in [5.41, 5.74) is 1.90. The highest BCUT2D eigenvalue weighted by Gasteiger charge is 2.21. The lowest BCUT2D eigenvalue weighted by Crippen LogP contribution is -2.50. The average Bonchev–Trinajstić information content (AvgIpc) is 2.65. The molecule has 2 aromatic carbocycles. The smallest absolute Gasteiger partial charge is 0.173 e. The van der Waals surface area contributed by atoms with E-state index in [-0.39, 0.29) is 0 Å². The van der Waals surface area contributed by atoms with Crippen LogP contribution in [0.25, 0.3) is 0 Å². The van der Waals surface area contributed by atoms with Gasteiger partial charge in [0.25, 0.3) is 0 Å². The van der Waals surface area contributed by atoms with Gasteiger partial charge in [-0.15, -0.1) is 0 Å². The Morgan fingerprint density at radius 3 is 2.54 bits per heavy atom. The van der Waals surface area contributed by atoms with Gasteiger partial charge in [0.2, 0.25) is 0 Å². The lowest BCUT2D eigenvalue weighted by molar-refractivity contribution is 0.336. The van der Waals surface area contributed by atoms with Crippen LogP contribution in [0.5, 0.6) is 5.75 Å². The number of nitrogens with one attached hydrogen (secondary N) is 1. The minimum atomic E-state index is 0.559. The summed E-state index contributed by atoms with van der Waals surface area (Å²) < 4.78 is 5.75. The predicted molar refractivity (Wildman–Crippen MR) is 114 cm³/mol. The van der Waals surface area contributed by atoms with Crippen molar-refractivity contribution in [3.05, 3.63) is 52.5 Å². The number of hydrogen-bond acceptors (Lipinski definition) is 3. The zero-order valence-electron chi connectivity index (χ0n) is 14.5. The number of benzene rings is 2. The van der Waals surface area contributed by atoms with Crippen molar-refractivity contribution in [2.75, 3.05) is 43.0 Å². The van der Waals surface area contributed by atoms with Gasteiger partial charge in [-0.3, -0.25) is 0 Å². The molecule has 1 N–H and O–H groups in total. The Morgan fingerprint density at radius 1 is 1.12 bits per heavy atom. The van der Waals surface area contributed by atoms with Crippen LogP contribution < -0.4 is 15.0 Å². The van der Waals surface area contributed by atoms with Crippen LogP contribution in [-0.4, -0.2) is 42.8 Å². The Labute approximate surface area is 169 Å². The molecule has 3 rings (SSSR count). The second kappa shape index (κ2) is 8.80. The summed E-state index contributed by atoms with van der Waals surface area (Å²) in [6.07, 6.45) is 0. The second-order valence-electron chi connectivity index (χ2n) is 5.93. The Morgan fingerprint density at radius 2 is 1.85 bits per heavy atom. The molecule has 2 aromatic rings. The van der Waals surface area contributed by atoms with E-state index in [1.807, 2.05) is 31.2 Å². The number of rotatable bonds is 4. The van der Waals surface area contributed by atoms with E-state index in [1.54, 1.807) is 12.1 Å². The van der Waals surface area contributed by atoms with Crippen LogP contribution in [0, 0.1) is 0 Å². The summed E-state index contributed by atoms with van der Waals surface area (Å²) in [4.78, 5) is 4.49. The minimum Gasteiger partial charge on any atom is -0.492 e. The fourth-order valence-corrected chi connectivity index (χ4v) is 3.68. The number of anilines is 2. The van der Waals surface area contributed by atoms with E-state index >= 15 is 0 Å². The first-order valence-corrected chi connectivity index (χ1v) is 9.72. The molecule has 0 spiro atoms. The Bertz CT molecular complexity index is 779. The maximum Gasteiger partial charge on any atom is 0.173 e. The summed E-state index contributed by atoms with van der Waals surface area (Å²) in [5, 5.41) is 5.05. The van der Waals surface area contributed by atoms with Crippen molar-refractivity contribution < 1.29 is 4.74 Å². The molecular formula is C19H21Cl2N3OS. The quantitative estimate of drug-likeness (QED) is 0.723. The predicted octanol–water partition coefficient (Wildman–Crippen LogP) is 4.91. The first kappa shape index (κ1) is 19.1. The maximum atomic E-state index is 6.22. The van der Waals surface area contributed by atoms with Gasteiger partial charge in [-0.1, -0.05) is 35.3 Å². The molecule has 1 heterocycles. The Hall–Kier alpha value is -1.69. The molecule has 4 nitrogen and oxygen atoms in total. The third-order valence-electron chi connectivity index (χ3n) is 4.25. The number of ether oxygens (including phenoxy) is 1. The molecule has 0 amide bonds. The van der Waals surface area contributed by atoms with Crippen molar-refractivity contribution in [1.82, 2.24) is 4.90 Å². The minimum absolute atomic E-state index is 0.559. The third kappa shape index (κ3) is 4.53. The van der Waals surface area contributed by atoms with E-state index in [9.17, 15) is 0 Å². The van der Waals surface area contributed by atoms with Crippen molar-refractivity contribution in [3.8, 4) is 5.75 Å². The average molecular weight is 410 g/mol. The van der Waals surface area contributed by atoms with Crippen molar-refractivity contribution in [1.29, 1.82) is 0 Å². The molecule has 0 bridgehead atoms. The van der Waals surface area contributed by atoms with E-state index in [0.29, 0.717) is 21.8 Å². The number of para-hydroxylation sites is 2. The van der Waals surface area contributed by atoms with Crippen molar-refractivity contribution >= 4 is 51.9 Å². The number of hydrogen-bond donors (Lipinski definition) is 1. The van der Waals surface area contributed by atoms with Crippen LogP contribution in [0.15, 0.2) is 42.5 Å². The van der Waals surface area contributed by atoms with Crippen molar-refractivity contribution in [2.45, 2.75) is 6.92 Å². The topological polar surface area (TPSA) is 27.7 Å². The Balaban J connectivity index is 1.60. The molecule has 0 saturated carbocycles. The van der Waals surface area contributed by atoms with Crippen LogP contribution in [0.2, 0.25) is 10.0 Å². The molecule has 1 fully saturated rings. The van der Waals surface area contributed by atoms with Crippen LogP contribution >= 0.6 is 35.4 Å². The van der Waals surface area contributed by atoms with Gasteiger partial charge in [0.1, 0.15) is 5.75 Å². The maximum absolute atomic E-state index is 6.22. The molecular weight excluding hydrogens is 389 g/mol. The molecule has 0 aliphatic carbocycles. The molecule has 1 aliphatic heterocycles. The van der Waals surface area contributed by atoms with Gasteiger partial charge < -0.3 is 19.9 Å². The first-order valence-electron chi connectivity index (χ1n) is 8.56. The number of thiocarbonyl (C=S) groups is 1. The zero-order chi connectivity index (χ0) is 18.5. The molecule has 0 unspecified atom stereocenters. The van der Waals surface area contributed by atoms with E-state index in [1.165, 1.54) is 0 Å². The summed E-state index contributed by atoms with van der Waals surface area (Å²) in [6, 6.07) is 13.5. The fourth-order valence-electron chi connectivity index (χ4n) is 2.93. The first-order chi connectivity index (χ1) is 12.6. The van der Waals surface area contributed by atoms with Gasteiger partial charge in [0, 0.05) is 31.2 Å². The molecule has 26 heavy (non-hydrogen) atoms. The molecule has 0 atom stereocenters. The van der Waals surface area contributed by atoms with Gasteiger partial charge >= 0.3 is 0 Å². The summed E-state index contributed by atoms with van der Waals surface area (Å²) in [5.74, 6) is 0.928. The van der Waals surface area contributed by atoms with E-state index in [0.717, 1.165) is 43.3 Å². The second-order valence-corrected chi connectivity index (χ2v) is 7.16. The Kier molecular flexibility index (Phi) is 6.46. The third-order valence-corrected chi connectivity index (χ3v) is 5.15. The van der Waals surface area contributed by atoms with Gasteiger partial charge in [-0.05, 0) is 49.5 Å². The molecule has 7 heteroatoms. The molecule has 0 aromatic heterocycles. The molecule has 1 saturated heterocycles. The molecule has 1 aliphatic rings. The summed E-state index contributed by atoms with van der Waals surface area (Å²) in [7, 11) is 0. The number of halogens is 2. The van der Waals surface area contributed by atoms with Gasteiger partial charge in [0.15, 0.2) is 5.11 Å². The monoisotopic (exact) mass is 409 g/mol. The van der Waals surface area contributed by atoms with Crippen LogP contribution in [0.1, 0.15) is 6.92 Å². The zero-order valence-corrected chi connectivity index (χ0v) is 16.9. The van der Waals surface area contributed by atoms with Crippen molar-refractivity contribution in [2.24, 2.45) is 0 Å². The highest BCUT2D eigenvalue weighted by atomic mass is 35.5.